The first-order valence-corrected chi connectivity index (χ1v) is 9.09. The molecule has 0 N–H and O–H groups in total. The van der Waals surface area contributed by atoms with Crippen LogP contribution in [0.5, 0.6) is 23.0 Å². The van der Waals surface area contributed by atoms with E-state index in [9.17, 15) is 0 Å². The van der Waals surface area contributed by atoms with Crippen molar-refractivity contribution < 1.29 is 23.5 Å². The van der Waals surface area contributed by atoms with Crippen molar-refractivity contribution >= 4 is 0 Å². The second-order valence-corrected chi connectivity index (χ2v) is 6.39. The standard InChI is InChI=1S/C21H25N3O5/c1-24(12-15-6-5-7-18(26-3)21(15)27-4)13-20-22-19(23-29-20)14-28-17-10-8-16(25-2)9-11-17/h5-11H,12-14H2,1-4H3. The van der Waals surface area contributed by atoms with Crippen LogP contribution in [0, 0.1) is 0 Å². The minimum absolute atomic E-state index is 0.225. The Bertz CT molecular complexity index is 911. The molecule has 0 saturated carbocycles. The minimum Gasteiger partial charge on any atom is -0.497 e. The highest BCUT2D eigenvalue weighted by molar-refractivity contribution is 5.46. The van der Waals surface area contributed by atoms with E-state index in [1.54, 1.807) is 21.3 Å². The summed E-state index contributed by atoms with van der Waals surface area (Å²) in [5.74, 6) is 3.91. The van der Waals surface area contributed by atoms with Gasteiger partial charge in [0.1, 0.15) is 11.5 Å². The first-order chi connectivity index (χ1) is 14.1. The van der Waals surface area contributed by atoms with E-state index in [2.05, 4.69) is 15.0 Å². The molecule has 0 saturated heterocycles. The normalized spacial score (nSPS) is 10.8. The number of hydrogen-bond donors (Lipinski definition) is 0. The fourth-order valence-corrected chi connectivity index (χ4v) is 2.89. The maximum Gasteiger partial charge on any atom is 0.240 e. The third kappa shape index (κ3) is 5.39. The van der Waals surface area contributed by atoms with Crippen LogP contribution in [0.25, 0.3) is 0 Å². The van der Waals surface area contributed by atoms with Gasteiger partial charge in [-0.1, -0.05) is 17.3 Å². The molecule has 3 rings (SSSR count). The van der Waals surface area contributed by atoms with Crippen LogP contribution in [0.3, 0.4) is 0 Å². The summed E-state index contributed by atoms with van der Waals surface area (Å²) in [4.78, 5) is 6.45. The molecule has 154 valence electrons. The number of hydrogen-bond acceptors (Lipinski definition) is 8. The van der Waals surface area contributed by atoms with Crippen LogP contribution in [0.1, 0.15) is 17.3 Å². The molecule has 3 aromatic rings. The van der Waals surface area contributed by atoms with Crippen LogP contribution in [0.4, 0.5) is 0 Å². The van der Waals surface area contributed by atoms with Crippen molar-refractivity contribution in [2.24, 2.45) is 0 Å². The topological polar surface area (TPSA) is 79.1 Å². The Morgan fingerprint density at radius 3 is 2.34 bits per heavy atom. The summed E-state index contributed by atoms with van der Waals surface area (Å²) >= 11 is 0. The van der Waals surface area contributed by atoms with Crippen molar-refractivity contribution in [3.63, 3.8) is 0 Å². The molecule has 1 heterocycles. The maximum absolute atomic E-state index is 5.68. The number of aromatic nitrogens is 2. The van der Waals surface area contributed by atoms with Crippen LogP contribution < -0.4 is 18.9 Å². The molecule has 8 heteroatoms. The third-order valence-corrected chi connectivity index (χ3v) is 4.27. The van der Waals surface area contributed by atoms with Gasteiger partial charge in [0.2, 0.25) is 11.7 Å². The van der Waals surface area contributed by atoms with E-state index in [-0.39, 0.29) is 6.61 Å². The SMILES string of the molecule is COc1ccc(OCc2noc(CN(C)Cc3cccc(OC)c3OC)n2)cc1. The number of nitrogens with zero attached hydrogens (tertiary/aromatic N) is 3. The van der Waals surface area contributed by atoms with Gasteiger partial charge in [0.25, 0.3) is 0 Å². The van der Waals surface area contributed by atoms with E-state index in [1.807, 2.05) is 49.5 Å². The molecule has 0 radical (unpaired) electrons. The second kappa shape index (κ2) is 9.79. The van der Waals surface area contributed by atoms with E-state index in [4.69, 9.17) is 23.5 Å². The van der Waals surface area contributed by atoms with Gasteiger partial charge in [-0.05, 0) is 37.4 Å². The number of para-hydroxylation sites is 1. The Hall–Kier alpha value is -3.26. The number of benzene rings is 2. The van der Waals surface area contributed by atoms with Crippen LogP contribution >= 0.6 is 0 Å². The van der Waals surface area contributed by atoms with Gasteiger partial charge in [0.15, 0.2) is 18.1 Å². The van der Waals surface area contributed by atoms with Gasteiger partial charge in [0.05, 0.1) is 27.9 Å². The van der Waals surface area contributed by atoms with Gasteiger partial charge < -0.3 is 23.5 Å². The van der Waals surface area contributed by atoms with Crippen molar-refractivity contribution in [3.05, 3.63) is 59.7 Å². The zero-order valence-electron chi connectivity index (χ0n) is 17.0. The highest BCUT2D eigenvalue weighted by atomic mass is 16.5. The molecule has 1 aromatic heterocycles. The number of rotatable bonds is 10. The van der Waals surface area contributed by atoms with Crippen molar-refractivity contribution in [1.29, 1.82) is 0 Å². The van der Waals surface area contributed by atoms with Crippen LogP contribution in [0.15, 0.2) is 47.0 Å². The molecular weight excluding hydrogens is 374 g/mol. The molecule has 0 aliphatic heterocycles. The van der Waals surface area contributed by atoms with E-state index in [0.29, 0.717) is 36.3 Å². The van der Waals surface area contributed by atoms with Gasteiger partial charge >= 0.3 is 0 Å². The molecule has 0 spiro atoms. The molecule has 0 unspecified atom stereocenters. The molecule has 0 atom stereocenters. The summed E-state index contributed by atoms with van der Waals surface area (Å²) in [5.41, 5.74) is 1.01. The summed E-state index contributed by atoms with van der Waals surface area (Å²) in [5, 5.41) is 3.98. The molecular formula is C21H25N3O5. The lowest BCUT2D eigenvalue weighted by Gasteiger charge is -2.18. The summed E-state index contributed by atoms with van der Waals surface area (Å²) in [6.07, 6.45) is 0. The van der Waals surface area contributed by atoms with Gasteiger partial charge in [-0.15, -0.1) is 0 Å². The molecule has 0 bridgehead atoms. The predicted molar refractivity (Wildman–Crippen MR) is 106 cm³/mol. The van der Waals surface area contributed by atoms with Crippen LogP contribution in [0.2, 0.25) is 0 Å². The zero-order chi connectivity index (χ0) is 20.6. The fourth-order valence-electron chi connectivity index (χ4n) is 2.89. The highest BCUT2D eigenvalue weighted by Crippen LogP contribution is 2.31. The Morgan fingerprint density at radius 2 is 1.66 bits per heavy atom. The first-order valence-electron chi connectivity index (χ1n) is 9.09. The first kappa shape index (κ1) is 20.5. The average molecular weight is 399 g/mol. The fraction of sp³-hybridized carbons (Fsp3) is 0.333. The summed E-state index contributed by atoms with van der Waals surface area (Å²) < 4.78 is 27.0. The van der Waals surface area contributed by atoms with E-state index >= 15 is 0 Å². The molecule has 0 aliphatic rings. The second-order valence-electron chi connectivity index (χ2n) is 6.39. The largest absolute Gasteiger partial charge is 0.497 e. The lowest BCUT2D eigenvalue weighted by atomic mass is 10.1. The Morgan fingerprint density at radius 1 is 0.897 bits per heavy atom. The zero-order valence-corrected chi connectivity index (χ0v) is 17.0. The molecule has 29 heavy (non-hydrogen) atoms. The van der Waals surface area contributed by atoms with Crippen molar-refractivity contribution in [3.8, 4) is 23.0 Å². The van der Waals surface area contributed by atoms with Crippen LogP contribution in [-0.2, 0) is 19.7 Å². The van der Waals surface area contributed by atoms with Crippen molar-refractivity contribution in [2.75, 3.05) is 28.4 Å². The lowest BCUT2D eigenvalue weighted by Crippen LogP contribution is -2.18. The van der Waals surface area contributed by atoms with Gasteiger partial charge in [-0.25, -0.2) is 0 Å². The van der Waals surface area contributed by atoms with Crippen molar-refractivity contribution in [2.45, 2.75) is 19.7 Å². The quantitative estimate of drug-likeness (QED) is 0.514. The predicted octanol–water partition coefficient (Wildman–Crippen LogP) is 3.31. The summed E-state index contributed by atoms with van der Waals surface area (Å²) in [6, 6.07) is 13.1. The third-order valence-electron chi connectivity index (χ3n) is 4.27. The minimum atomic E-state index is 0.225. The van der Waals surface area contributed by atoms with E-state index < -0.39 is 0 Å². The number of methoxy groups -OCH3 is 3. The van der Waals surface area contributed by atoms with E-state index in [0.717, 1.165) is 17.1 Å². The molecule has 8 nitrogen and oxygen atoms in total. The Kier molecular flexibility index (Phi) is 6.91. The summed E-state index contributed by atoms with van der Waals surface area (Å²) in [7, 11) is 6.85. The maximum atomic E-state index is 5.68. The molecule has 0 fully saturated rings. The lowest BCUT2D eigenvalue weighted by molar-refractivity contribution is 0.252. The van der Waals surface area contributed by atoms with Gasteiger partial charge in [0, 0.05) is 12.1 Å². The smallest absolute Gasteiger partial charge is 0.240 e. The molecule has 2 aromatic carbocycles. The van der Waals surface area contributed by atoms with E-state index in [1.165, 1.54) is 0 Å². The number of ether oxygens (including phenoxy) is 4. The highest BCUT2D eigenvalue weighted by Gasteiger charge is 2.14. The van der Waals surface area contributed by atoms with Gasteiger partial charge in [-0.3, -0.25) is 4.90 Å². The van der Waals surface area contributed by atoms with Gasteiger partial charge in [-0.2, -0.15) is 4.98 Å². The molecule has 0 aliphatic carbocycles. The Balaban J connectivity index is 1.55. The van der Waals surface area contributed by atoms with Crippen LogP contribution in [-0.4, -0.2) is 43.4 Å². The Labute approximate surface area is 169 Å². The van der Waals surface area contributed by atoms with Crippen molar-refractivity contribution in [1.82, 2.24) is 15.0 Å². The average Bonchev–Trinajstić information content (AvgIpc) is 3.19. The monoisotopic (exact) mass is 399 g/mol. The summed E-state index contributed by atoms with van der Waals surface area (Å²) in [6.45, 7) is 1.36. The molecule has 0 amide bonds.